The number of amides is 1. The first-order chi connectivity index (χ1) is 12.3. The van der Waals surface area contributed by atoms with Crippen LogP contribution in [-0.2, 0) is 9.53 Å². The monoisotopic (exact) mass is 426 g/mol. The number of nitrogens with zero attached hydrogens (tertiary/aromatic N) is 2. The second-order valence-electron chi connectivity index (χ2n) is 7.02. The zero-order valence-corrected chi connectivity index (χ0v) is 17.4. The topological polar surface area (TPSA) is 70.1 Å². The summed E-state index contributed by atoms with van der Waals surface area (Å²) in [6, 6.07) is 0. The van der Waals surface area contributed by atoms with E-state index in [0.29, 0.717) is 37.1 Å². The highest BCUT2D eigenvalue weighted by Gasteiger charge is 2.35. The maximum atomic E-state index is 12.2. The number of ketones is 1. The summed E-state index contributed by atoms with van der Waals surface area (Å²) < 4.78 is 6.06. The van der Waals surface area contributed by atoms with Gasteiger partial charge in [-0.2, -0.15) is 0 Å². The number of Topliss-reactive ketones (excluding diaryl/α,β-unsaturated/α-hetero) is 1. The second-order valence-corrected chi connectivity index (χ2v) is 8.01. The van der Waals surface area contributed by atoms with Gasteiger partial charge in [0.25, 0.3) is 0 Å². The molecule has 0 saturated heterocycles. The van der Waals surface area contributed by atoms with Gasteiger partial charge in [0.15, 0.2) is 17.4 Å². The number of hydrogen-bond donors (Lipinski definition) is 1. The molecule has 144 valence electrons. The van der Waals surface area contributed by atoms with Crippen LogP contribution >= 0.6 is 15.9 Å². The van der Waals surface area contributed by atoms with Crippen LogP contribution in [0.4, 0.5) is 4.79 Å². The third kappa shape index (κ3) is 4.50. The molecular formula is C19H27BrN2O4. The molecule has 0 fully saturated rings. The van der Waals surface area contributed by atoms with Crippen LogP contribution in [0.1, 0.15) is 40.0 Å². The van der Waals surface area contributed by atoms with E-state index < -0.39 is 6.09 Å². The van der Waals surface area contributed by atoms with E-state index in [-0.39, 0.29) is 10.6 Å². The van der Waals surface area contributed by atoms with Crippen LogP contribution in [0.5, 0.6) is 0 Å². The maximum absolute atomic E-state index is 12.2. The van der Waals surface area contributed by atoms with Gasteiger partial charge in [0.05, 0.1) is 11.4 Å². The van der Waals surface area contributed by atoms with Gasteiger partial charge in [0, 0.05) is 31.8 Å². The Bertz CT molecular complexity index is 666. The summed E-state index contributed by atoms with van der Waals surface area (Å²) in [7, 11) is 1.52. The Morgan fingerprint density at radius 3 is 2.77 bits per heavy atom. The zero-order valence-electron chi connectivity index (χ0n) is 15.8. The third-order valence-electron chi connectivity index (χ3n) is 4.27. The van der Waals surface area contributed by atoms with Gasteiger partial charge >= 0.3 is 6.09 Å². The first-order valence-corrected chi connectivity index (χ1v) is 9.88. The maximum Gasteiger partial charge on any atom is 0.412 e. The van der Waals surface area contributed by atoms with Crippen LogP contribution in [0, 0.1) is 5.92 Å². The van der Waals surface area contributed by atoms with Crippen molar-refractivity contribution in [3.05, 3.63) is 35.0 Å². The van der Waals surface area contributed by atoms with Crippen LogP contribution in [0.15, 0.2) is 35.0 Å². The average molecular weight is 427 g/mol. The fourth-order valence-electron chi connectivity index (χ4n) is 2.99. The van der Waals surface area contributed by atoms with Gasteiger partial charge in [-0.05, 0) is 17.9 Å². The lowest BCUT2D eigenvalue weighted by Gasteiger charge is -2.38. The number of halogens is 1. The van der Waals surface area contributed by atoms with Crippen molar-refractivity contribution in [2.75, 3.05) is 20.2 Å². The van der Waals surface area contributed by atoms with E-state index in [1.807, 2.05) is 17.2 Å². The highest BCUT2D eigenvalue weighted by Crippen LogP contribution is 2.38. The molecule has 1 atom stereocenters. The molecule has 26 heavy (non-hydrogen) atoms. The van der Waals surface area contributed by atoms with Gasteiger partial charge in [-0.3, -0.25) is 9.69 Å². The van der Waals surface area contributed by atoms with Crippen molar-refractivity contribution in [2.24, 2.45) is 5.92 Å². The highest BCUT2D eigenvalue weighted by molar-refractivity contribution is 9.10. The number of carbonyl (C=O) groups excluding carboxylic acids is 1. The van der Waals surface area contributed by atoms with Crippen LogP contribution in [0.25, 0.3) is 0 Å². The lowest BCUT2D eigenvalue weighted by Crippen LogP contribution is -2.40. The number of alkyl halides is 1. The average Bonchev–Trinajstić information content (AvgIpc) is 2.55. The lowest BCUT2D eigenvalue weighted by molar-refractivity contribution is -0.117. The molecule has 1 N–H and O–H groups in total. The summed E-state index contributed by atoms with van der Waals surface area (Å²) in [5.74, 6) is 1.45. The number of carboxylic acid groups (broad SMARTS) is 1. The van der Waals surface area contributed by atoms with E-state index in [1.165, 1.54) is 11.9 Å². The Kier molecular flexibility index (Phi) is 6.92. The van der Waals surface area contributed by atoms with Gasteiger partial charge in [-0.25, -0.2) is 4.79 Å². The van der Waals surface area contributed by atoms with Crippen molar-refractivity contribution in [3.8, 4) is 0 Å². The highest BCUT2D eigenvalue weighted by atomic mass is 79.9. The Morgan fingerprint density at radius 2 is 2.19 bits per heavy atom. The number of fused-ring (bicyclic) bond motifs is 1. The lowest BCUT2D eigenvalue weighted by atomic mass is 9.89. The Balaban J connectivity index is 2.56. The molecule has 1 unspecified atom stereocenters. The number of carbonyl (C=O) groups is 2. The standard InChI is InChI=1S/C19H27BrN2O4/c1-5-6-7-26-17-14-9-15(20)16(23)8-13(14)11-22(10-12(2)3)18(17)21(4)19(24)25/h9,11-12,15H,5-8,10H2,1-4H3,(H,24,25). The van der Waals surface area contributed by atoms with E-state index in [9.17, 15) is 14.7 Å². The molecule has 0 aromatic rings. The van der Waals surface area contributed by atoms with Gasteiger partial charge in [0.1, 0.15) is 0 Å². The number of rotatable bonds is 7. The Morgan fingerprint density at radius 1 is 1.50 bits per heavy atom. The molecule has 0 radical (unpaired) electrons. The van der Waals surface area contributed by atoms with Gasteiger partial charge in [-0.1, -0.05) is 49.2 Å². The van der Waals surface area contributed by atoms with E-state index >= 15 is 0 Å². The predicted octanol–water partition coefficient (Wildman–Crippen LogP) is 4.10. The molecule has 0 saturated carbocycles. The first-order valence-electron chi connectivity index (χ1n) is 8.96. The van der Waals surface area contributed by atoms with Crippen molar-refractivity contribution < 1.29 is 19.4 Å². The Hall–Kier alpha value is -1.76. The molecule has 0 spiro atoms. The van der Waals surface area contributed by atoms with Crippen LogP contribution in [0.2, 0.25) is 0 Å². The predicted molar refractivity (Wildman–Crippen MR) is 104 cm³/mol. The molecule has 7 heteroatoms. The smallest absolute Gasteiger partial charge is 0.412 e. The van der Waals surface area contributed by atoms with Crippen molar-refractivity contribution in [1.82, 2.24) is 9.80 Å². The van der Waals surface area contributed by atoms with Gasteiger partial charge in [-0.15, -0.1) is 0 Å². The molecule has 1 heterocycles. The van der Waals surface area contributed by atoms with Crippen molar-refractivity contribution in [1.29, 1.82) is 0 Å². The number of unbranched alkanes of at least 4 members (excludes halogenated alkanes) is 1. The minimum atomic E-state index is -1.05. The fourth-order valence-corrected chi connectivity index (χ4v) is 3.42. The molecular weight excluding hydrogens is 400 g/mol. The molecule has 1 aliphatic heterocycles. The molecule has 1 amide bonds. The minimum Gasteiger partial charge on any atom is -0.489 e. The van der Waals surface area contributed by atoms with Crippen LogP contribution in [-0.4, -0.2) is 51.8 Å². The second kappa shape index (κ2) is 8.75. The van der Waals surface area contributed by atoms with Gasteiger partial charge < -0.3 is 14.7 Å². The fraction of sp³-hybridized carbons (Fsp3) is 0.579. The summed E-state index contributed by atoms with van der Waals surface area (Å²) >= 11 is 3.39. The Labute approximate surface area is 163 Å². The third-order valence-corrected chi connectivity index (χ3v) is 5.05. The summed E-state index contributed by atoms with van der Waals surface area (Å²) in [6.45, 7) is 7.35. The van der Waals surface area contributed by atoms with Crippen molar-refractivity contribution >= 4 is 27.8 Å². The summed E-state index contributed by atoms with van der Waals surface area (Å²) in [5, 5.41) is 9.57. The zero-order chi connectivity index (χ0) is 19.4. The number of hydrogen-bond acceptors (Lipinski definition) is 4. The van der Waals surface area contributed by atoms with Crippen LogP contribution < -0.4 is 0 Å². The van der Waals surface area contributed by atoms with Crippen molar-refractivity contribution in [3.63, 3.8) is 0 Å². The summed E-state index contributed by atoms with van der Waals surface area (Å²) in [6.07, 6.45) is 4.83. The molecule has 6 nitrogen and oxygen atoms in total. The SMILES string of the molecule is CCCCOC1=C(N(C)C(=O)O)N(CC(C)C)C=C2CC(=O)C(Br)C=C21. The number of ether oxygens (including phenoxy) is 1. The van der Waals surface area contributed by atoms with E-state index in [2.05, 4.69) is 36.7 Å². The molecule has 0 aromatic carbocycles. The van der Waals surface area contributed by atoms with E-state index in [1.54, 1.807) is 0 Å². The molecule has 0 aromatic heterocycles. The van der Waals surface area contributed by atoms with Crippen LogP contribution in [0.3, 0.4) is 0 Å². The normalized spacial score (nSPS) is 20.0. The molecule has 0 bridgehead atoms. The van der Waals surface area contributed by atoms with Gasteiger partial charge in [0.2, 0.25) is 0 Å². The van der Waals surface area contributed by atoms with Crippen molar-refractivity contribution in [2.45, 2.75) is 44.9 Å². The number of allylic oxidation sites excluding steroid dienone is 2. The first kappa shape index (κ1) is 20.6. The van der Waals surface area contributed by atoms with E-state index in [4.69, 9.17) is 4.74 Å². The molecule has 1 aliphatic carbocycles. The van der Waals surface area contributed by atoms with E-state index in [0.717, 1.165) is 24.0 Å². The summed E-state index contributed by atoms with van der Waals surface area (Å²) in [5.41, 5.74) is 1.69. The summed E-state index contributed by atoms with van der Waals surface area (Å²) in [4.78, 5) is 26.6. The minimum absolute atomic E-state index is 0.0902. The largest absolute Gasteiger partial charge is 0.489 e. The molecule has 2 rings (SSSR count). The molecule has 2 aliphatic rings. The quantitative estimate of drug-likeness (QED) is 0.490.